The summed E-state index contributed by atoms with van der Waals surface area (Å²) in [5, 5.41) is 18.4. The Morgan fingerprint density at radius 2 is 1.92 bits per heavy atom. The minimum Gasteiger partial charge on any atom is -0.423 e. The van der Waals surface area contributed by atoms with E-state index in [0.717, 1.165) is 0 Å². The molecule has 1 aromatic carbocycles. The maximum Gasteiger partial charge on any atom is 0.488 e. The van der Waals surface area contributed by atoms with Crippen LogP contribution in [0.25, 0.3) is 0 Å². The zero-order valence-electron chi connectivity index (χ0n) is 7.64. The lowest BCUT2D eigenvalue weighted by molar-refractivity contribution is 0.426. The van der Waals surface area contributed by atoms with Gasteiger partial charge in [0.2, 0.25) is 0 Å². The van der Waals surface area contributed by atoms with E-state index in [2.05, 4.69) is 0 Å². The van der Waals surface area contributed by atoms with Crippen LogP contribution in [0.5, 0.6) is 0 Å². The Balaban J connectivity index is 3.13. The van der Waals surface area contributed by atoms with E-state index in [0.29, 0.717) is 10.8 Å². The van der Waals surface area contributed by atoms with Gasteiger partial charge < -0.3 is 14.6 Å². The van der Waals surface area contributed by atoms with Crippen molar-refractivity contribution in [2.75, 3.05) is 13.3 Å². The third-order valence-corrected chi connectivity index (χ3v) is 3.31. The second-order valence-corrected chi connectivity index (χ2v) is 6.54. The average molecular weight is 198 g/mol. The van der Waals surface area contributed by atoms with Crippen molar-refractivity contribution < 1.29 is 14.6 Å². The van der Waals surface area contributed by atoms with E-state index in [4.69, 9.17) is 10.0 Å². The molecule has 0 saturated carbocycles. The highest BCUT2D eigenvalue weighted by Gasteiger charge is 2.15. The molecule has 1 aromatic rings. The Bertz CT molecular complexity index is 345. The molecule has 0 aromatic heterocycles. The molecule has 1 rings (SSSR count). The highest BCUT2D eigenvalue weighted by molar-refractivity contribution is 7.70. The van der Waals surface area contributed by atoms with Crippen LogP contribution in [0.1, 0.15) is 0 Å². The Hall–Kier alpha value is -0.565. The number of hydrogen-bond acceptors (Lipinski definition) is 3. The van der Waals surface area contributed by atoms with Crippen LogP contribution < -0.4 is 10.8 Å². The first kappa shape index (κ1) is 10.5. The zero-order valence-corrected chi connectivity index (χ0v) is 8.53. The summed E-state index contributed by atoms with van der Waals surface area (Å²) in [4.78, 5) is 0. The van der Waals surface area contributed by atoms with Crippen LogP contribution in [-0.4, -0.2) is 30.5 Å². The van der Waals surface area contributed by atoms with E-state index in [1.54, 1.807) is 37.6 Å². The summed E-state index contributed by atoms with van der Waals surface area (Å²) >= 11 is 0. The van der Waals surface area contributed by atoms with Crippen molar-refractivity contribution >= 4 is 25.0 Å². The summed E-state index contributed by atoms with van der Waals surface area (Å²) in [6.45, 7) is 3.30. The molecule has 3 nitrogen and oxygen atoms in total. The van der Waals surface area contributed by atoms with Gasteiger partial charge in [-0.15, -0.1) is 0 Å². The van der Waals surface area contributed by atoms with Crippen LogP contribution in [0, 0.1) is 0 Å². The maximum atomic E-state index is 11.6. The molecule has 2 N–H and O–H groups in total. The molecule has 0 atom stereocenters. The van der Waals surface area contributed by atoms with Crippen molar-refractivity contribution in [1.82, 2.24) is 0 Å². The smallest absolute Gasteiger partial charge is 0.423 e. The van der Waals surface area contributed by atoms with E-state index in [9.17, 15) is 4.57 Å². The lowest BCUT2D eigenvalue weighted by atomic mass is 9.80. The van der Waals surface area contributed by atoms with Crippen LogP contribution in [0.3, 0.4) is 0 Å². The van der Waals surface area contributed by atoms with Gasteiger partial charge in [-0.2, -0.15) is 0 Å². The second kappa shape index (κ2) is 3.66. The third-order valence-electron chi connectivity index (χ3n) is 1.79. The molecule has 0 aliphatic carbocycles. The van der Waals surface area contributed by atoms with E-state index >= 15 is 0 Å². The summed E-state index contributed by atoms with van der Waals surface area (Å²) < 4.78 is 11.6. The molecule has 5 heteroatoms. The zero-order chi connectivity index (χ0) is 10.1. The molecule has 13 heavy (non-hydrogen) atoms. The molecule has 0 saturated heterocycles. The predicted molar refractivity (Wildman–Crippen MR) is 55.4 cm³/mol. The Labute approximate surface area is 77.9 Å². The average Bonchev–Trinajstić information content (AvgIpc) is 2.03. The lowest BCUT2D eigenvalue weighted by Crippen LogP contribution is -2.31. The first-order valence-corrected chi connectivity index (χ1v) is 6.53. The van der Waals surface area contributed by atoms with Crippen LogP contribution >= 0.6 is 7.14 Å². The minimum absolute atomic E-state index is 0.376. The van der Waals surface area contributed by atoms with Crippen LogP contribution in [0.15, 0.2) is 24.3 Å². The van der Waals surface area contributed by atoms with Gasteiger partial charge in [0.25, 0.3) is 0 Å². The Morgan fingerprint density at radius 1 is 1.31 bits per heavy atom. The molecule has 0 amide bonds. The van der Waals surface area contributed by atoms with Gasteiger partial charge in [-0.05, 0) is 18.8 Å². The molecular weight excluding hydrogens is 186 g/mol. The van der Waals surface area contributed by atoms with E-state index in [1.165, 1.54) is 0 Å². The van der Waals surface area contributed by atoms with Gasteiger partial charge >= 0.3 is 7.12 Å². The van der Waals surface area contributed by atoms with E-state index in [1.807, 2.05) is 0 Å². The molecule has 0 unspecified atom stereocenters. The van der Waals surface area contributed by atoms with Crippen molar-refractivity contribution in [2.24, 2.45) is 0 Å². The van der Waals surface area contributed by atoms with Crippen LogP contribution in [0.4, 0.5) is 0 Å². The summed E-state index contributed by atoms with van der Waals surface area (Å²) in [5.41, 5.74) is 0.376. The van der Waals surface area contributed by atoms with Crippen molar-refractivity contribution in [1.29, 1.82) is 0 Å². The quantitative estimate of drug-likeness (QED) is 0.502. The number of benzene rings is 1. The number of hydrogen-bond donors (Lipinski definition) is 2. The monoisotopic (exact) mass is 198 g/mol. The van der Waals surface area contributed by atoms with E-state index < -0.39 is 14.3 Å². The summed E-state index contributed by atoms with van der Waals surface area (Å²) in [7, 11) is -3.80. The van der Waals surface area contributed by atoms with Gasteiger partial charge in [0.1, 0.15) is 7.14 Å². The molecule has 70 valence electrons. The van der Waals surface area contributed by atoms with Crippen LogP contribution in [0.2, 0.25) is 0 Å². The molecule has 0 radical (unpaired) electrons. The van der Waals surface area contributed by atoms with Crippen molar-refractivity contribution in [3.8, 4) is 0 Å². The molecule has 0 bridgehead atoms. The summed E-state index contributed by atoms with van der Waals surface area (Å²) in [6, 6.07) is 6.55. The van der Waals surface area contributed by atoms with Crippen LogP contribution in [-0.2, 0) is 4.57 Å². The normalized spacial score (nSPS) is 11.4. The summed E-state index contributed by atoms with van der Waals surface area (Å²) in [6.07, 6.45) is 0. The molecule has 0 aliphatic heterocycles. The van der Waals surface area contributed by atoms with Gasteiger partial charge in [0, 0.05) is 5.30 Å². The molecule has 0 heterocycles. The Morgan fingerprint density at radius 3 is 2.38 bits per heavy atom. The standard InChI is InChI=1S/C8H12BO3P/c1-13(2,12)8-5-3-4-7(6-8)9(10)11/h3-6,10-11H,1-2H3. The van der Waals surface area contributed by atoms with Crippen molar-refractivity contribution in [3.05, 3.63) is 24.3 Å². The van der Waals surface area contributed by atoms with Gasteiger partial charge in [-0.25, -0.2) is 0 Å². The maximum absolute atomic E-state index is 11.6. The van der Waals surface area contributed by atoms with Crippen molar-refractivity contribution in [2.45, 2.75) is 0 Å². The first-order valence-electron chi connectivity index (χ1n) is 3.93. The lowest BCUT2D eigenvalue weighted by Gasteiger charge is -2.08. The highest BCUT2D eigenvalue weighted by atomic mass is 31.2. The molecule has 0 aliphatic rings. The fraction of sp³-hybridized carbons (Fsp3) is 0.250. The predicted octanol–water partition coefficient (Wildman–Crippen LogP) is -0.386. The molecular formula is C8H12BO3P. The number of rotatable bonds is 2. The van der Waals surface area contributed by atoms with Gasteiger partial charge in [0.05, 0.1) is 0 Å². The SMILES string of the molecule is CP(C)(=O)c1cccc(B(O)O)c1. The largest absolute Gasteiger partial charge is 0.488 e. The topological polar surface area (TPSA) is 57.5 Å². The van der Waals surface area contributed by atoms with Crippen molar-refractivity contribution in [3.63, 3.8) is 0 Å². The van der Waals surface area contributed by atoms with Gasteiger partial charge in [-0.1, -0.05) is 24.3 Å². The first-order chi connectivity index (χ1) is 5.91. The molecule has 0 fully saturated rings. The fourth-order valence-electron chi connectivity index (χ4n) is 1.02. The second-order valence-electron chi connectivity index (χ2n) is 3.32. The van der Waals surface area contributed by atoms with Gasteiger partial charge in [0.15, 0.2) is 0 Å². The fourth-order valence-corrected chi connectivity index (χ4v) is 1.93. The third kappa shape index (κ3) is 2.69. The molecule has 0 spiro atoms. The highest BCUT2D eigenvalue weighted by Crippen LogP contribution is 2.33. The summed E-state index contributed by atoms with van der Waals surface area (Å²) in [5.74, 6) is 0. The van der Waals surface area contributed by atoms with E-state index in [-0.39, 0.29) is 0 Å². The van der Waals surface area contributed by atoms with Gasteiger partial charge in [-0.3, -0.25) is 0 Å². The minimum atomic E-state index is -2.31. The Kier molecular flexibility index (Phi) is 2.96.